The average molecular weight is 293 g/mol. The summed E-state index contributed by atoms with van der Waals surface area (Å²) in [5.41, 5.74) is -0.143. The van der Waals surface area contributed by atoms with E-state index in [1.165, 1.54) is 11.8 Å². The molecule has 0 aromatic heterocycles. The van der Waals surface area contributed by atoms with Crippen molar-refractivity contribution in [3.8, 4) is 0 Å². The molecule has 0 saturated heterocycles. The fraction of sp³-hybridized carbons (Fsp3) is 0.133. The maximum atomic E-state index is 13.4. The molecule has 0 saturated carbocycles. The van der Waals surface area contributed by atoms with Crippen LogP contribution in [0.5, 0.6) is 0 Å². The van der Waals surface area contributed by atoms with Gasteiger partial charge in [0.1, 0.15) is 11.6 Å². The van der Waals surface area contributed by atoms with E-state index in [0.29, 0.717) is 0 Å². The predicted molar refractivity (Wildman–Crippen MR) is 76.7 cm³/mol. The van der Waals surface area contributed by atoms with Crippen LogP contribution in [0.1, 0.15) is 6.92 Å². The Labute approximate surface area is 120 Å². The Bertz CT molecular complexity index is 604. The molecular weight excluding hydrogens is 280 g/mol. The fourth-order valence-corrected chi connectivity index (χ4v) is 2.47. The summed E-state index contributed by atoms with van der Waals surface area (Å²) < 4.78 is 26.5. The molecule has 0 aliphatic heterocycles. The van der Waals surface area contributed by atoms with Crippen LogP contribution in [0.3, 0.4) is 0 Å². The van der Waals surface area contributed by atoms with Gasteiger partial charge >= 0.3 is 0 Å². The quantitative estimate of drug-likeness (QED) is 0.860. The van der Waals surface area contributed by atoms with E-state index >= 15 is 0 Å². The third-order valence-corrected chi connectivity index (χ3v) is 3.72. The summed E-state index contributed by atoms with van der Waals surface area (Å²) in [7, 11) is 0. The lowest BCUT2D eigenvalue weighted by molar-refractivity contribution is -0.115. The summed E-state index contributed by atoms with van der Waals surface area (Å²) in [5.74, 6) is -1.62. The first kappa shape index (κ1) is 14.5. The smallest absolute Gasteiger partial charge is 0.237 e. The van der Waals surface area contributed by atoms with Crippen molar-refractivity contribution in [1.82, 2.24) is 0 Å². The van der Waals surface area contributed by atoms with Crippen molar-refractivity contribution >= 4 is 23.4 Å². The molecule has 0 bridgehead atoms. The van der Waals surface area contributed by atoms with Crippen LogP contribution in [0.15, 0.2) is 53.4 Å². The van der Waals surface area contributed by atoms with E-state index in [1.54, 1.807) is 6.92 Å². The molecule has 104 valence electrons. The Morgan fingerprint density at radius 1 is 1.15 bits per heavy atom. The van der Waals surface area contributed by atoms with Gasteiger partial charge in [-0.15, -0.1) is 11.8 Å². The average Bonchev–Trinajstić information content (AvgIpc) is 2.44. The summed E-state index contributed by atoms with van der Waals surface area (Å²) >= 11 is 1.35. The van der Waals surface area contributed by atoms with Gasteiger partial charge in [0.2, 0.25) is 5.91 Å². The van der Waals surface area contributed by atoms with Crippen LogP contribution in [0.4, 0.5) is 14.5 Å². The van der Waals surface area contributed by atoms with Gasteiger partial charge in [0.05, 0.1) is 10.9 Å². The molecule has 2 nitrogen and oxygen atoms in total. The second kappa shape index (κ2) is 6.52. The van der Waals surface area contributed by atoms with Crippen molar-refractivity contribution in [3.05, 3.63) is 60.2 Å². The zero-order valence-corrected chi connectivity index (χ0v) is 11.6. The van der Waals surface area contributed by atoms with E-state index in [4.69, 9.17) is 0 Å². The number of carbonyl (C=O) groups excluding carboxylic acids is 1. The number of hydrogen-bond acceptors (Lipinski definition) is 2. The number of hydrogen-bond donors (Lipinski definition) is 1. The van der Waals surface area contributed by atoms with E-state index in [-0.39, 0.29) is 11.6 Å². The molecule has 2 aromatic carbocycles. The number of halogens is 2. The van der Waals surface area contributed by atoms with Crippen LogP contribution >= 0.6 is 11.8 Å². The van der Waals surface area contributed by atoms with Crippen molar-refractivity contribution in [2.24, 2.45) is 0 Å². The molecule has 2 rings (SSSR count). The number of anilines is 1. The zero-order chi connectivity index (χ0) is 14.5. The highest BCUT2D eigenvalue weighted by molar-refractivity contribution is 8.00. The first-order valence-corrected chi connectivity index (χ1v) is 6.92. The maximum absolute atomic E-state index is 13.4. The van der Waals surface area contributed by atoms with Gasteiger partial charge in [-0.1, -0.05) is 18.2 Å². The Morgan fingerprint density at radius 2 is 1.85 bits per heavy atom. The van der Waals surface area contributed by atoms with Crippen LogP contribution in [0, 0.1) is 11.6 Å². The second-order valence-electron chi connectivity index (χ2n) is 4.19. The Hall–Kier alpha value is -1.88. The third-order valence-electron chi connectivity index (χ3n) is 2.61. The van der Waals surface area contributed by atoms with Crippen LogP contribution in [-0.2, 0) is 4.79 Å². The number of nitrogens with one attached hydrogen (secondary N) is 1. The number of carbonyl (C=O) groups is 1. The molecule has 0 radical (unpaired) electrons. The van der Waals surface area contributed by atoms with Gasteiger partial charge in [-0.2, -0.15) is 0 Å². The largest absolute Gasteiger partial charge is 0.323 e. The summed E-state index contributed by atoms with van der Waals surface area (Å²) in [6, 6.07) is 12.4. The van der Waals surface area contributed by atoms with Crippen molar-refractivity contribution in [3.63, 3.8) is 0 Å². The van der Waals surface area contributed by atoms with Crippen LogP contribution in [0.25, 0.3) is 0 Å². The molecule has 0 aliphatic rings. The van der Waals surface area contributed by atoms with Gasteiger partial charge in [0.15, 0.2) is 0 Å². The molecule has 20 heavy (non-hydrogen) atoms. The summed E-state index contributed by atoms with van der Waals surface area (Å²) in [6.45, 7) is 1.71. The number of thioether (sulfide) groups is 1. The lowest BCUT2D eigenvalue weighted by Gasteiger charge is -2.12. The number of rotatable bonds is 4. The van der Waals surface area contributed by atoms with E-state index in [9.17, 15) is 13.6 Å². The molecule has 1 atom stereocenters. The van der Waals surface area contributed by atoms with Crippen LogP contribution < -0.4 is 5.32 Å². The van der Waals surface area contributed by atoms with Crippen LogP contribution in [0.2, 0.25) is 0 Å². The van der Waals surface area contributed by atoms with Crippen molar-refractivity contribution < 1.29 is 13.6 Å². The van der Waals surface area contributed by atoms with E-state index in [1.807, 2.05) is 30.3 Å². The molecule has 0 fully saturated rings. The van der Waals surface area contributed by atoms with Gasteiger partial charge < -0.3 is 5.32 Å². The first-order valence-electron chi connectivity index (χ1n) is 6.04. The monoisotopic (exact) mass is 293 g/mol. The van der Waals surface area contributed by atoms with Crippen LogP contribution in [-0.4, -0.2) is 11.2 Å². The normalized spacial score (nSPS) is 11.9. The minimum atomic E-state index is -0.656. The lowest BCUT2D eigenvalue weighted by atomic mass is 10.3. The van der Waals surface area contributed by atoms with Gasteiger partial charge in [0.25, 0.3) is 0 Å². The summed E-state index contributed by atoms with van der Waals surface area (Å²) in [5, 5.41) is 1.98. The minimum absolute atomic E-state index is 0.143. The van der Waals surface area contributed by atoms with E-state index in [2.05, 4.69) is 5.32 Å². The number of benzene rings is 2. The molecule has 0 aliphatic carbocycles. The molecule has 5 heteroatoms. The summed E-state index contributed by atoms with van der Waals surface area (Å²) in [4.78, 5) is 12.9. The Kier molecular flexibility index (Phi) is 4.74. The topological polar surface area (TPSA) is 29.1 Å². The molecule has 0 heterocycles. The third kappa shape index (κ3) is 3.81. The van der Waals surface area contributed by atoms with Crippen molar-refractivity contribution in [2.45, 2.75) is 17.1 Å². The van der Waals surface area contributed by atoms with Gasteiger partial charge in [-0.25, -0.2) is 8.78 Å². The van der Waals surface area contributed by atoms with Crippen molar-refractivity contribution in [2.75, 3.05) is 5.32 Å². The van der Waals surface area contributed by atoms with Gasteiger partial charge in [-0.3, -0.25) is 4.79 Å². The minimum Gasteiger partial charge on any atom is -0.323 e. The predicted octanol–water partition coefficient (Wildman–Crippen LogP) is 4.08. The second-order valence-corrected chi connectivity index (χ2v) is 5.60. The Morgan fingerprint density at radius 3 is 2.55 bits per heavy atom. The van der Waals surface area contributed by atoms with Crippen molar-refractivity contribution in [1.29, 1.82) is 0 Å². The van der Waals surface area contributed by atoms with Gasteiger partial charge in [0, 0.05) is 11.0 Å². The molecule has 2 aromatic rings. The van der Waals surface area contributed by atoms with E-state index in [0.717, 1.165) is 23.1 Å². The highest BCUT2D eigenvalue weighted by atomic mass is 32.2. The maximum Gasteiger partial charge on any atom is 0.237 e. The lowest BCUT2D eigenvalue weighted by Crippen LogP contribution is -2.23. The Balaban J connectivity index is 2.02. The molecule has 0 spiro atoms. The SMILES string of the molecule is CC(Sc1ccccc1)C(=O)Nc1cc(F)ccc1F. The molecule has 1 N–H and O–H groups in total. The summed E-state index contributed by atoms with van der Waals surface area (Å²) in [6.07, 6.45) is 0. The fourth-order valence-electron chi connectivity index (χ4n) is 1.58. The first-order chi connectivity index (χ1) is 9.56. The van der Waals surface area contributed by atoms with Gasteiger partial charge in [-0.05, 0) is 31.2 Å². The molecule has 1 amide bonds. The molecule has 1 unspecified atom stereocenters. The highest BCUT2D eigenvalue weighted by Gasteiger charge is 2.16. The zero-order valence-electron chi connectivity index (χ0n) is 10.8. The standard InChI is InChI=1S/C15H13F2NOS/c1-10(20-12-5-3-2-4-6-12)15(19)18-14-9-11(16)7-8-13(14)17/h2-10H,1H3,(H,18,19). The number of amides is 1. The van der Waals surface area contributed by atoms with E-state index < -0.39 is 16.9 Å². The molecular formula is C15H13F2NOS. The highest BCUT2D eigenvalue weighted by Crippen LogP contribution is 2.24.